The summed E-state index contributed by atoms with van der Waals surface area (Å²) in [6.45, 7) is 3.16. The molecule has 0 radical (unpaired) electrons. The number of tetrazole rings is 1. The second-order valence-corrected chi connectivity index (χ2v) is 4.28. The fourth-order valence-corrected chi connectivity index (χ4v) is 1.61. The number of aliphatic carboxylic acids is 1. The van der Waals surface area contributed by atoms with Crippen LogP contribution >= 0.6 is 11.8 Å². The molecule has 0 amide bonds. The Morgan fingerprint density at radius 2 is 2.24 bits per heavy atom. The average molecular weight is 260 g/mol. The van der Waals surface area contributed by atoms with Crippen LogP contribution in [0.2, 0.25) is 0 Å². The molecule has 0 saturated heterocycles. The number of rotatable bonds is 6. The average Bonchev–Trinajstić information content (AvgIpc) is 2.60. The molecule has 0 aliphatic heterocycles. The van der Waals surface area contributed by atoms with Crippen molar-refractivity contribution in [3.05, 3.63) is 0 Å². The lowest BCUT2D eigenvalue weighted by Crippen LogP contribution is -2.15. The molecule has 0 saturated carbocycles. The van der Waals surface area contributed by atoms with Gasteiger partial charge in [-0.25, -0.2) is 4.68 Å². The Morgan fingerprint density at radius 3 is 2.82 bits per heavy atom. The van der Waals surface area contributed by atoms with Crippen molar-refractivity contribution in [3.8, 4) is 0 Å². The van der Waals surface area contributed by atoms with Crippen LogP contribution in [0, 0.1) is 0 Å². The van der Waals surface area contributed by atoms with Gasteiger partial charge in [-0.05, 0) is 24.3 Å². The van der Waals surface area contributed by atoms with Crippen LogP contribution in [0.25, 0.3) is 0 Å². The molecule has 0 fully saturated rings. The van der Waals surface area contributed by atoms with E-state index in [0.717, 1.165) is 16.4 Å². The lowest BCUT2D eigenvalue weighted by Gasteiger charge is -2.06. The van der Waals surface area contributed by atoms with Gasteiger partial charge in [0.2, 0.25) is 5.16 Å². The molecule has 9 heteroatoms. The van der Waals surface area contributed by atoms with Gasteiger partial charge >= 0.3 is 11.9 Å². The predicted molar refractivity (Wildman–Crippen MR) is 57.4 cm³/mol. The highest BCUT2D eigenvalue weighted by molar-refractivity contribution is 7.99. The molecular weight excluding hydrogens is 248 g/mol. The number of thioether (sulfide) groups is 1. The van der Waals surface area contributed by atoms with Gasteiger partial charge in [-0.3, -0.25) is 9.59 Å². The van der Waals surface area contributed by atoms with E-state index in [-0.39, 0.29) is 23.6 Å². The van der Waals surface area contributed by atoms with Gasteiger partial charge in [0.05, 0.1) is 11.9 Å². The van der Waals surface area contributed by atoms with E-state index in [1.54, 1.807) is 13.8 Å². The topological polar surface area (TPSA) is 107 Å². The van der Waals surface area contributed by atoms with E-state index >= 15 is 0 Å². The van der Waals surface area contributed by atoms with Crippen LogP contribution in [-0.4, -0.2) is 49.1 Å². The summed E-state index contributed by atoms with van der Waals surface area (Å²) in [4.78, 5) is 21.7. The second-order valence-electron chi connectivity index (χ2n) is 3.34. The first-order chi connectivity index (χ1) is 7.99. The second kappa shape index (κ2) is 6.18. The molecule has 94 valence electrons. The Bertz CT molecular complexity index is 406. The first-order valence-electron chi connectivity index (χ1n) is 4.79. The van der Waals surface area contributed by atoms with Crippen molar-refractivity contribution in [2.45, 2.75) is 31.7 Å². The molecule has 0 bridgehead atoms. The number of carboxylic acid groups (broad SMARTS) is 1. The van der Waals surface area contributed by atoms with Crippen molar-refractivity contribution >= 4 is 23.7 Å². The molecule has 0 aliphatic rings. The van der Waals surface area contributed by atoms with E-state index in [9.17, 15) is 9.59 Å². The third kappa shape index (κ3) is 4.81. The fourth-order valence-electron chi connectivity index (χ4n) is 0.948. The van der Waals surface area contributed by atoms with Gasteiger partial charge in [0.1, 0.15) is 6.54 Å². The van der Waals surface area contributed by atoms with Crippen molar-refractivity contribution in [1.29, 1.82) is 0 Å². The highest BCUT2D eigenvalue weighted by atomic mass is 32.2. The molecule has 1 aromatic rings. The summed E-state index contributed by atoms with van der Waals surface area (Å²) in [5.74, 6) is -1.41. The van der Waals surface area contributed by atoms with E-state index in [1.165, 1.54) is 0 Å². The molecule has 0 aromatic carbocycles. The summed E-state index contributed by atoms with van der Waals surface area (Å²) in [7, 11) is 0. The standard InChI is InChI=1S/C8H12N4O4S/c1-5(2)16-7(15)4-17-8-9-10-11-12(8)3-6(13)14/h5H,3-4H2,1-2H3,(H,13,14). The maximum atomic E-state index is 11.2. The normalized spacial score (nSPS) is 10.5. The number of carbonyl (C=O) groups is 2. The third-order valence-electron chi connectivity index (χ3n) is 1.47. The smallest absolute Gasteiger partial charge is 0.325 e. The van der Waals surface area contributed by atoms with E-state index in [2.05, 4.69) is 15.5 Å². The largest absolute Gasteiger partial charge is 0.480 e. The minimum atomic E-state index is -1.05. The molecule has 0 atom stereocenters. The Kier molecular flexibility index (Phi) is 4.88. The van der Waals surface area contributed by atoms with Gasteiger partial charge in [-0.15, -0.1) is 5.10 Å². The van der Waals surface area contributed by atoms with Crippen LogP contribution in [0.1, 0.15) is 13.8 Å². The molecule has 1 heterocycles. The third-order valence-corrected chi connectivity index (χ3v) is 2.40. The number of esters is 1. The van der Waals surface area contributed by atoms with Gasteiger partial charge < -0.3 is 9.84 Å². The number of ether oxygens (including phenoxy) is 1. The zero-order valence-electron chi connectivity index (χ0n) is 9.36. The summed E-state index contributed by atoms with van der Waals surface area (Å²) in [5, 5.41) is 19.3. The van der Waals surface area contributed by atoms with Gasteiger partial charge in [0.25, 0.3) is 0 Å². The summed E-state index contributed by atoms with van der Waals surface area (Å²) in [6.07, 6.45) is -0.182. The zero-order chi connectivity index (χ0) is 12.8. The van der Waals surface area contributed by atoms with Gasteiger partial charge in [-0.1, -0.05) is 11.8 Å². The molecule has 0 unspecified atom stereocenters. The monoisotopic (exact) mass is 260 g/mol. The Hall–Kier alpha value is -1.64. The number of hydrogen-bond donors (Lipinski definition) is 1. The number of aromatic nitrogens is 4. The van der Waals surface area contributed by atoms with Gasteiger partial charge in [0.15, 0.2) is 0 Å². The molecule has 1 aromatic heterocycles. The minimum absolute atomic E-state index is 0.0399. The maximum absolute atomic E-state index is 11.2. The number of nitrogens with zero attached hydrogens (tertiary/aromatic N) is 4. The van der Waals surface area contributed by atoms with Crippen LogP contribution in [0.3, 0.4) is 0 Å². The Labute approximate surface area is 101 Å². The van der Waals surface area contributed by atoms with Crippen LogP contribution < -0.4 is 0 Å². The fraction of sp³-hybridized carbons (Fsp3) is 0.625. The Balaban J connectivity index is 2.49. The van der Waals surface area contributed by atoms with Crippen molar-refractivity contribution in [3.63, 3.8) is 0 Å². The predicted octanol–water partition coefficient (Wildman–Crippen LogP) is -0.199. The molecule has 1 rings (SSSR count). The molecule has 0 spiro atoms. The van der Waals surface area contributed by atoms with Crippen molar-refractivity contribution in [2.24, 2.45) is 0 Å². The van der Waals surface area contributed by atoms with E-state index < -0.39 is 11.9 Å². The van der Waals surface area contributed by atoms with Crippen molar-refractivity contribution < 1.29 is 19.4 Å². The first kappa shape index (κ1) is 13.4. The molecule has 1 N–H and O–H groups in total. The van der Waals surface area contributed by atoms with Gasteiger partial charge in [-0.2, -0.15) is 0 Å². The SMILES string of the molecule is CC(C)OC(=O)CSc1nnnn1CC(=O)O. The van der Waals surface area contributed by atoms with Crippen molar-refractivity contribution in [2.75, 3.05) is 5.75 Å². The summed E-state index contributed by atoms with van der Waals surface area (Å²) < 4.78 is 6.02. The minimum Gasteiger partial charge on any atom is -0.480 e. The molecule has 8 nitrogen and oxygen atoms in total. The highest BCUT2D eigenvalue weighted by Gasteiger charge is 2.13. The van der Waals surface area contributed by atoms with Gasteiger partial charge in [0, 0.05) is 0 Å². The molecule has 0 aliphatic carbocycles. The van der Waals surface area contributed by atoms with Crippen LogP contribution in [0.5, 0.6) is 0 Å². The summed E-state index contributed by atoms with van der Waals surface area (Å²) >= 11 is 1.03. The lowest BCUT2D eigenvalue weighted by atomic mass is 10.5. The quantitative estimate of drug-likeness (QED) is 0.553. The number of carbonyl (C=O) groups excluding carboxylic acids is 1. The van der Waals surface area contributed by atoms with Crippen molar-refractivity contribution in [1.82, 2.24) is 20.2 Å². The number of hydrogen-bond acceptors (Lipinski definition) is 7. The lowest BCUT2D eigenvalue weighted by molar-refractivity contribution is -0.144. The van der Waals surface area contributed by atoms with Crippen LogP contribution in [0.15, 0.2) is 5.16 Å². The summed E-state index contributed by atoms with van der Waals surface area (Å²) in [6, 6.07) is 0. The molecular formula is C8H12N4O4S. The van der Waals surface area contributed by atoms with Crippen LogP contribution in [0.4, 0.5) is 0 Å². The maximum Gasteiger partial charge on any atom is 0.325 e. The summed E-state index contributed by atoms with van der Waals surface area (Å²) in [5.41, 5.74) is 0. The first-order valence-corrected chi connectivity index (χ1v) is 5.78. The van der Waals surface area contributed by atoms with Crippen LogP contribution in [-0.2, 0) is 20.9 Å². The zero-order valence-corrected chi connectivity index (χ0v) is 10.2. The highest BCUT2D eigenvalue weighted by Crippen LogP contribution is 2.13. The Morgan fingerprint density at radius 1 is 1.53 bits per heavy atom. The van der Waals surface area contributed by atoms with E-state index in [4.69, 9.17) is 9.84 Å². The van der Waals surface area contributed by atoms with E-state index in [1.807, 2.05) is 0 Å². The van der Waals surface area contributed by atoms with E-state index in [0.29, 0.717) is 0 Å². The number of carboxylic acids is 1. The molecule has 17 heavy (non-hydrogen) atoms.